The molecule has 27 heavy (non-hydrogen) atoms. The summed E-state index contributed by atoms with van der Waals surface area (Å²) >= 11 is 0. The van der Waals surface area contributed by atoms with E-state index in [4.69, 9.17) is 5.73 Å². The van der Waals surface area contributed by atoms with Crippen LogP contribution in [0.3, 0.4) is 0 Å². The molecule has 1 unspecified atom stereocenters. The average Bonchev–Trinajstić information content (AvgIpc) is 2.62. The first-order valence-electron chi connectivity index (χ1n) is 9.16. The molecule has 2 rings (SSSR count). The lowest BCUT2D eigenvalue weighted by Gasteiger charge is -2.35. The Morgan fingerprint density at radius 1 is 1.19 bits per heavy atom. The van der Waals surface area contributed by atoms with E-state index in [0.717, 1.165) is 25.1 Å². The molecule has 0 spiro atoms. The Kier molecular flexibility index (Phi) is 9.69. The normalized spacial score (nSPS) is 16.6. The number of nitrogens with one attached hydrogen (secondary N) is 1. The van der Waals surface area contributed by atoms with Gasteiger partial charge in [0.05, 0.1) is 10.9 Å². The molecule has 154 valence electrons. The van der Waals surface area contributed by atoms with E-state index in [0.29, 0.717) is 32.6 Å². The monoisotopic (exact) mass is 418 g/mol. The molecule has 3 N–H and O–H groups in total. The van der Waals surface area contributed by atoms with Crippen molar-refractivity contribution in [1.82, 2.24) is 14.5 Å². The minimum Gasteiger partial charge on any atom is -0.339 e. The molecule has 0 aliphatic carbocycles. The molecule has 0 saturated carbocycles. The summed E-state index contributed by atoms with van der Waals surface area (Å²) in [6, 6.07) is 6.39. The Morgan fingerprint density at radius 2 is 1.78 bits per heavy atom. The molecule has 1 atom stereocenters. The SMILES string of the molecule is CCCC(N)C(=O)N1CCN(CCNS(=O)(=O)c2ccc(C)cc2)CC1.Cl. The van der Waals surface area contributed by atoms with Gasteiger partial charge >= 0.3 is 0 Å². The van der Waals surface area contributed by atoms with Crippen molar-refractivity contribution in [2.75, 3.05) is 39.3 Å². The molecule has 7 nitrogen and oxygen atoms in total. The highest BCUT2D eigenvalue weighted by Gasteiger charge is 2.24. The molecule has 1 fully saturated rings. The lowest BCUT2D eigenvalue weighted by Crippen LogP contribution is -2.54. The maximum atomic E-state index is 12.3. The fourth-order valence-corrected chi connectivity index (χ4v) is 4.02. The van der Waals surface area contributed by atoms with Gasteiger partial charge < -0.3 is 10.6 Å². The summed E-state index contributed by atoms with van der Waals surface area (Å²) in [5.74, 6) is 0.0200. The molecule has 1 amide bonds. The average molecular weight is 419 g/mol. The van der Waals surface area contributed by atoms with Crippen LogP contribution in [0.25, 0.3) is 0 Å². The summed E-state index contributed by atoms with van der Waals surface area (Å²) < 4.78 is 27.2. The van der Waals surface area contributed by atoms with Crippen molar-refractivity contribution in [3.63, 3.8) is 0 Å². The Labute approximate surface area is 168 Å². The lowest BCUT2D eigenvalue weighted by atomic mass is 10.1. The van der Waals surface area contributed by atoms with Crippen molar-refractivity contribution in [1.29, 1.82) is 0 Å². The summed E-state index contributed by atoms with van der Waals surface area (Å²) in [6.07, 6.45) is 1.60. The number of nitrogens with zero attached hydrogens (tertiary/aromatic N) is 2. The van der Waals surface area contributed by atoms with Gasteiger partial charge in [0, 0.05) is 39.3 Å². The number of aryl methyl sites for hydroxylation is 1. The molecule has 1 aliphatic heterocycles. The highest BCUT2D eigenvalue weighted by atomic mass is 35.5. The van der Waals surface area contributed by atoms with Crippen LogP contribution in [0.4, 0.5) is 0 Å². The summed E-state index contributed by atoms with van der Waals surface area (Å²) in [5.41, 5.74) is 6.93. The van der Waals surface area contributed by atoms with Gasteiger partial charge in [-0.1, -0.05) is 31.0 Å². The van der Waals surface area contributed by atoms with E-state index in [9.17, 15) is 13.2 Å². The zero-order chi connectivity index (χ0) is 19.2. The number of carbonyl (C=O) groups is 1. The minimum atomic E-state index is -3.48. The van der Waals surface area contributed by atoms with Crippen LogP contribution in [-0.4, -0.2) is 69.4 Å². The van der Waals surface area contributed by atoms with E-state index in [-0.39, 0.29) is 23.2 Å². The fraction of sp³-hybridized carbons (Fsp3) is 0.611. The molecule has 0 radical (unpaired) electrons. The van der Waals surface area contributed by atoms with Gasteiger partial charge in [0.25, 0.3) is 0 Å². The van der Waals surface area contributed by atoms with Crippen LogP contribution in [0.2, 0.25) is 0 Å². The van der Waals surface area contributed by atoms with Gasteiger partial charge in [0.1, 0.15) is 0 Å². The number of halogens is 1. The zero-order valence-electron chi connectivity index (χ0n) is 16.1. The van der Waals surface area contributed by atoms with E-state index in [2.05, 4.69) is 9.62 Å². The fourth-order valence-electron chi connectivity index (χ4n) is 3.00. The molecule has 0 aromatic heterocycles. The van der Waals surface area contributed by atoms with Crippen LogP contribution in [0, 0.1) is 6.92 Å². The van der Waals surface area contributed by atoms with Crippen LogP contribution in [-0.2, 0) is 14.8 Å². The number of hydrogen-bond donors (Lipinski definition) is 2. The predicted molar refractivity (Wildman–Crippen MR) is 110 cm³/mol. The van der Waals surface area contributed by atoms with E-state index < -0.39 is 16.1 Å². The van der Waals surface area contributed by atoms with Crippen molar-refractivity contribution >= 4 is 28.3 Å². The number of amides is 1. The molecule has 9 heteroatoms. The molecule has 1 aromatic carbocycles. The summed E-state index contributed by atoms with van der Waals surface area (Å²) in [4.78, 5) is 16.5. The molecule has 1 aromatic rings. The third-order valence-electron chi connectivity index (χ3n) is 4.65. The lowest BCUT2D eigenvalue weighted by molar-refractivity contribution is -0.134. The number of carbonyl (C=O) groups excluding carboxylic acids is 1. The van der Waals surface area contributed by atoms with Gasteiger partial charge in [-0.3, -0.25) is 9.69 Å². The van der Waals surface area contributed by atoms with E-state index >= 15 is 0 Å². The third-order valence-corrected chi connectivity index (χ3v) is 6.13. The van der Waals surface area contributed by atoms with Crippen molar-refractivity contribution in [3.8, 4) is 0 Å². The largest absolute Gasteiger partial charge is 0.339 e. The van der Waals surface area contributed by atoms with Gasteiger partial charge in [0.2, 0.25) is 15.9 Å². The van der Waals surface area contributed by atoms with Gasteiger partial charge in [-0.05, 0) is 25.5 Å². The van der Waals surface area contributed by atoms with E-state index in [1.807, 2.05) is 18.7 Å². The van der Waals surface area contributed by atoms with Crippen LogP contribution < -0.4 is 10.5 Å². The second-order valence-corrected chi connectivity index (χ2v) is 8.54. The predicted octanol–water partition coefficient (Wildman–Crippen LogP) is 0.967. The van der Waals surface area contributed by atoms with Crippen molar-refractivity contribution in [3.05, 3.63) is 29.8 Å². The van der Waals surface area contributed by atoms with Gasteiger partial charge in [-0.15, -0.1) is 12.4 Å². The topological polar surface area (TPSA) is 95.7 Å². The van der Waals surface area contributed by atoms with Gasteiger partial charge in [-0.25, -0.2) is 13.1 Å². The standard InChI is InChI=1S/C18H30N4O3S.ClH/c1-3-4-17(19)18(23)22-13-11-21(12-14-22)10-9-20-26(24,25)16-7-5-15(2)6-8-16;/h5-8,17,20H,3-4,9-14,19H2,1-2H3;1H. The summed E-state index contributed by atoms with van der Waals surface area (Å²) in [7, 11) is -3.48. The Morgan fingerprint density at radius 3 is 2.33 bits per heavy atom. The molecule has 1 heterocycles. The maximum absolute atomic E-state index is 12.3. The Hall–Kier alpha value is -1.19. The molecular weight excluding hydrogens is 388 g/mol. The summed E-state index contributed by atoms with van der Waals surface area (Å²) in [6.45, 7) is 7.65. The second kappa shape index (κ2) is 11.0. The first kappa shape index (κ1) is 23.8. The quantitative estimate of drug-likeness (QED) is 0.655. The molecular formula is C18H31ClN4O3S. The van der Waals surface area contributed by atoms with E-state index in [1.54, 1.807) is 24.3 Å². The number of rotatable bonds is 8. The second-order valence-electron chi connectivity index (χ2n) is 6.77. The smallest absolute Gasteiger partial charge is 0.240 e. The van der Waals surface area contributed by atoms with Crippen LogP contribution in [0.15, 0.2) is 29.2 Å². The van der Waals surface area contributed by atoms with Gasteiger partial charge in [0.15, 0.2) is 0 Å². The number of nitrogens with two attached hydrogens (primary N) is 1. The van der Waals surface area contributed by atoms with E-state index in [1.165, 1.54) is 0 Å². The number of hydrogen-bond acceptors (Lipinski definition) is 5. The van der Waals surface area contributed by atoms with Crippen LogP contribution in [0.1, 0.15) is 25.3 Å². The molecule has 0 bridgehead atoms. The summed E-state index contributed by atoms with van der Waals surface area (Å²) in [5, 5.41) is 0. The van der Waals surface area contributed by atoms with Crippen molar-refractivity contribution in [2.45, 2.75) is 37.6 Å². The van der Waals surface area contributed by atoms with Crippen molar-refractivity contribution < 1.29 is 13.2 Å². The first-order valence-corrected chi connectivity index (χ1v) is 10.6. The maximum Gasteiger partial charge on any atom is 0.240 e. The Balaban J connectivity index is 0.00000364. The molecule has 1 aliphatic rings. The van der Waals surface area contributed by atoms with Crippen molar-refractivity contribution in [2.24, 2.45) is 5.73 Å². The number of piperazine rings is 1. The van der Waals surface area contributed by atoms with Crippen LogP contribution in [0.5, 0.6) is 0 Å². The Bertz CT molecular complexity index is 689. The number of sulfonamides is 1. The first-order chi connectivity index (χ1) is 12.3. The number of benzene rings is 1. The third kappa shape index (κ3) is 7.04. The minimum absolute atomic E-state index is 0. The highest BCUT2D eigenvalue weighted by Crippen LogP contribution is 2.10. The zero-order valence-corrected chi connectivity index (χ0v) is 17.7. The molecule has 1 saturated heterocycles. The highest BCUT2D eigenvalue weighted by molar-refractivity contribution is 7.89. The van der Waals surface area contributed by atoms with Crippen LogP contribution >= 0.6 is 12.4 Å². The van der Waals surface area contributed by atoms with Gasteiger partial charge in [-0.2, -0.15) is 0 Å².